The molecule has 176 valence electrons. The molecule has 1 aromatic carbocycles. The summed E-state index contributed by atoms with van der Waals surface area (Å²) in [5, 5.41) is 5.46. The molecule has 0 saturated carbocycles. The molecule has 0 aliphatic carbocycles. The van der Waals surface area contributed by atoms with E-state index in [-0.39, 0.29) is 12.1 Å². The van der Waals surface area contributed by atoms with Gasteiger partial charge in [-0.2, -0.15) is 16.8 Å². The molecule has 0 fully saturated rings. The number of amides is 1. The number of carbonyl (C=O) groups excluding carboxylic acids is 1. The van der Waals surface area contributed by atoms with Crippen LogP contribution in [-0.4, -0.2) is 57.6 Å². The van der Waals surface area contributed by atoms with Crippen molar-refractivity contribution in [3.05, 3.63) is 29.8 Å². The maximum Gasteiger partial charge on any atom is 0.252 e. The fourth-order valence-electron chi connectivity index (χ4n) is 2.77. The molecule has 8 nitrogen and oxygen atoms in total. The number of nitrogens with zero attached hydrogens (tertiary/aromatic N) is 1. The normalized spacial score (nSPS) is 11.1. The minimum absolute atomic E-state index is 0.0371. The van der Waals surface area contributed by atoms with Crippen molar-refractivity contribution < 1.29 is 21.6 Å². The fraction of sp³-hybridized carbons (Fsp3) is 0.571. The molecule has 31 heavy (non-hydrogen) atoms. The summed E-state index contributed by atoms with van der Waals surface area (Å²) in [7, 11) is -4.09. The van der Waals surface area contributed by atoms with Crippen LogP contribution in [0.3, 0.4) is 0 Å². The first-order chi connectivity index (χ1) is 14.7. The molecule has 10 heteroatoms. The number of nitrogens with two attached hydrogens (primary N) is 1. The van der Waals surface area contributed by atoms with Gasteiger partial charge in [-0.05, 0) is 70.0 Å². The molecular weight excluding hydrogens is 438 g/mol. The van der Waals surface area contributed by atoms with Crippen molar-refractivity contribution >= 4 is 42.9 Å². The van der Waals surface area contributed by atoms with E-state index in [2.05, 4.69) is 24.1 Å². The largest absolute Gasteiger partial charge is 0.399 e. The number of nitrogens with one attached hydrogen (secondary N) is 1. The quantitative estimate of drug-likeness (QED) is 0.206. The Morgan fingerprint density at radius 2 is 1.39 bits per heavy atom. The van der Waals surface area contributed by atoms with E-state index in [0.29, 0.717) is 24.1 Å². The third kappa shape index (κ3) is 15.3. The molecule has 0 heterocycles. The molecule has 0 aromatic heterocycles. The van der Waals surface area contributed by atoms with Crippen molar-refractivity contribution in [3.8, 4) is 0 Å². The summed E-state index contributed by atoms with van der Waals surface area (Å²) in [4.78, 5) is 14.1. The van der Waals surface area contributed by atoms with Gasteiger partial charge in [0.25, 0.3) is 5.91 Å². The molecule has 3 N–H and O–H groups in total. The van der Waals surface area contributed by atoms with Gasteiger partial charge in [0.2, 0.25) is 20.6 Å². The van der Waals surface area contributed by atoms with Crippen LogP contribution in [0.2, 0.25) is 0 Å². The van der Waals surface area contributed by atoms with Crippen LogP contribution in [-0.2, 0) is 20.6 Å². The second-order valence-corrected chi connectivity index (χ2v) is 8.55. The highest BCUT2D eigenvalue weighted by Gasteiger charge is 2.13. The number of benzene rings is 1. The molecular formula is C21H35N3O5S2. The van der Waals surface area contributed by atoms with E-state index in [1.807, 2.05) is 6.92 Å². The SMILES string of the molecule is CCN(CC)C(C)NC(=O)c1ccc(N)cc1.O=S(=O)=CCCCCCCC=S(=O)=O. The highest BCUT2D eigenvalue weighted by Crippen LogP contribution is 2.06. The molecule has 0 aliphatic rings. The van der Waals surface area contributed by atoms with Gasteiger partial charge in [0.05, 0.1) is 6.17 Å². The van der Waals surface area contributed by atoms with Crippen LogP contribution >= 0.6 is 0 Å². The maximum absolute atomic E-state index is 11.9. The predicted molar refractivity (Wildman–Crippen MR) is 128 cm³/mol. The van der Waals surface area contributed by atoms with Crippen LogP contribution in [0.25, 0.3) is 0 Å². The molecule has 1 rings (SSSR count). The fourth-order valence-corrected chi connectivity index (χ4v) is 3.49. The van der Waals surface area contributed by atoms with E-state index < -0.39 is 20.6 Å². The van der Waals surface area contributed by atoms with E-state index in [1.165, 1.54) is 10.7 Å². The summed E-state index contributed by atoms with van der Waals surface area (Å²) in [6.07, 6.45) is 4.75. The predicted octanol–water partition coefficient (Wildman–Crippen LogP) is 2.38. The Hall–Kier alpha value is -2.17. The Morgan fingerprint density at radius 3 is 1.77 bits per heavy atom. The summed E-state index contributed by atoms with van der Waals surface area (Å²) in [6.45, 7) is 7.98. The van der Waals surface area contributed by atoms with Crippen LogP contribution in [0.4, 0.5) is 5.69 Å². The molecule has 0 bridgehead atoms. The Morgan fingerprint density at radius 1 is 0.935 bits per heavy atom. The van der Waals surface area contributed by atoms with Crippen molar-refractivity contribution in [1.29, 1.82) is 0 Å². The highest BCUT2D eigenvalue weighted by atomic mass is 32.2. The molecule has 0 aliphatic heterocycles. The summed E-state index contributed by atoms with van der Waals surface area (Å²) in [5.74, 6) is -0.0654. The number of unbranched alkanes of at least 4 members (excludes halogenated alkanes) is 5. The summed E-state index contributed by atoms with van der Waals surface area (Å²) >= 11 is 0. The van der Waals surface area contributed by atoms with E-state index in [0.717, 1.165) is 38.8 Å². The number of anilines is 1. The average molecular weight is 474 g/mol. The monoisotopic (exact) mass is 473 g/mol. The molecule has 1 atom stereocenters. The van der Waals surface area contributed by atoms with Crippen LogP contribution in [0.1, 0.15) is 69.7 Å². The van der Waals surface area contributed by atoms with Crippen molar-refractivity contribution in [2.24, 2.45) is 0 Å². The lowest BCUT2D eigenvalue weighted by molar-refractivity contribution is 0.0875. The maximum atomic E-state index is 11.9. The van der Waals surface area contributed by atoms with Crippen molar-refractivity contribution in [1.82, 2.24) is 10.2 Å². The van der Waals surface area contributed by atoms with E-state index >= 15 is 0 Å². The van der Waals surface area contributed by atoms with Gasteiger partial charge in [-0.25, -0.2) is 0 Å². The van der Waals surface area contributed by atoms with Crippen LogP contribution in [0.15, 0.2) is 24.3 Å². The van der Waals surface area contributed by atoms with E-state index in [9.17, 15) is 21.6 Å². The number of hydrogen-bond acceptors (Lipinski definition) is 7. The number of hydrogen-bond donors (Lipinski definition) is 2. The van der Waals surface area contributed by atoms with Gasteiger partial charge in [-0.3, -0.25) is 9.69 Å². The topological polar surface area (TPSA) is 127 Å². The first kappa shape index (κ1) is 28.8. The number of carbonyl (C=O) groups is 1. The van der Waals surface area contributed by atoms with Crippen LogP contribution < -0.4 is 11.1 Å². The number of nitrogen functional groups attached to an aromatic ring is 1. The molecule has 0 spiro atoms. The summed E-state index contributed by atoms with van der Waals surface area (Å²) < 4.78 is 40.3. The first-order valence-corrected chi connectivity index (χ1v) is 12.7. The van der Waals surface area contributed by atoms with Gasteiger partial charge >= 0.3 is 0 Å². The Kier molecular flexibility index (Phi) is 16.3. The molecule has 1 aromatic rings. The third-order valence-corrected chi connectivity index (χ3v) is 5.55. The number of rotatable bonds is 12. The standard InChI is InChI=1S/C13H21N3O.C8H14O4S2/c1-4-16(5-2)10(3)15-13(17)11-6-8-12(14)9-7-11;9-13(10)7-5-3-1-2-4-6-8-14(11)12/h6-10H,4-5,14H2,1-3H3,(H,15,17);7-8H,1-6H2. The molecule has 1 unspecified atom stereocenters. The minimum atomic E-state index is -2.04. The lowest BCUT2D eigenvalue weighted by Crippen LogP contribution is -2.46. The van der Waals surface area contributed by atoms with Crippen molar-refractivity contribution in [2.45, 2.75) is 65.5 Å². The molecule has 0 saturated heterocycles. The molecule has 1 amide bonds. The minimum Gasteiger partial charge on any atom is -0.399 e. The molecule has 0 radical (unpaired) electrons. The zero-order valence-corrected chi connectivity index (χ0v) is 20.2. The Labute approximate surface area is 188 Å². The van der Waals surface area contributed by atoms with Gasteiger partial charge in [-0.1, -0.05) is 26.7 Å². The van der Waals surface area contributed by atoms with Crippen LogP contribution in [0, 0.1) is 0 Å². The van der Waals surface area contributed by atoms with Crippen molar-refractivity contribution in [3.63, 3.8) is 0 Å². The second kappa shape index (κ2) is 17.5. The lowest BCUT2D eigenvalue weighted by Gasteiger charge is -2.27. The van der Waals surface area contributed by atoms with Crippen LogP contribution in [0.5, 0.6) is 0 Å². The van der Waals surface area contributed by atoms with Gasteiger partial charge in [0, 0.05) is 22.0 Å². The van der Waals surface area contributed by atoms with Gasteiger partial charge in [0.1, 0.15) is 0 Å². The van der Waals surface area contributed by atoms with Gasteiger partial charge < -0.3 is 11.1 Å². The summed E-state index contributed by atoms with van der Waals surface area (Å²) in [6, 6.07) is 6.94. The van der Waals surface area contributed by atoms with E-state index in [1.54, 1.807) is 24.3 Å². The smallest absolute Gasteiger partial charge is 0.252 e. The second-order valence-electron chi connectivity index (χ2n) is 6.84. The zero-order valence-electron chi connectivity index (χ0n) is 18.6. The van der Waals surface area contributed by atoms with Gasteiger partial charge in [0.15, 0.2) is 0 Å². The lowest BCUT2D eigenvalue weighted by atomic mass is 10.1. The Balaban J connectivity index is 0.000000594. The van der Waals surface area contributed by atoms with Crippen molar-refractivity contribution in [2.75, 3.05) is 18.8 Å². The zero-order chi connectivity index (χ0) is 23.6. The van der Waals surface area contributed by atoms with Gasteiger partial charge in [-0.15, -0.1) is 0 Å². The Bertz CT molecular complexity index is 851. The first-order valence-electron chi connectivity index (χ1n) is 10.4. The highest BCUT2D eigenvalue weighted by molar-refractivity contribution is 7.71. The average Bonchev–Trinajstić information content (AvgIpc) is 2.71. The van der Waals surface area contributed by atoms with E-state index in [4.69, 9.17) is 5.73 Å². The third-order valence-electron chi connectivity index (χ3n) is 4.54. The summed E-state index contributed by atoms with van der Waals surface area (Å²) in [5.41, 5.74) is 6.88.